The molecule has 0 saturated heterocycles. The molecule has 1 N–H and O–H groups in total. The predicted molar refractivity (Wildman–Crippen MR) is 76.1 cm³/mol. The first-order valence-corrected chi connectivity index (χ1v) is 6.33. The van der Waals surface area contributed by atoms with Crippen molar-refractivity contribution in [1.82, 2.24) is 5.32 Å². The van der Waals surface area contributed by atoms with E-state index in [-0.39, 0.29) is 6.61 Å². The fourth-order valence-electron chi connectivity index (χ4n) is 1.39. The van der Waals surface area contributed by atoms with Crippen LogP contribution in [0.1, 0.15) is 17.3 Å². The lowest BCUT2D eigenvalue weighted by molar-refractivity contribution is -0.156. The summed E-state index contributed by atoms with van der Waals surface area (Å²) in [6, 6.07) is 6.27. The quantitative estimate of drug-likeness (QED) is 0.441. The van der Waals surface area contributed by atoms with E-state index in [9.17, 15) is 14.4 Å². The van der Waals surface area contributed by atoms with Crippen LogP contribution in [0.15, 0.2) is 36.9 Å². The zero-order valence-electron chi connectivity index (χ0n) is 11.7. The number of aldehydes is 1. The second kappa shape index (κ2) is 8.52. The van der Waals surface area contributed by atoms with Crippen molar-refractivity contribution in [3.63, 3.8) is 0 Å². The molecule has 0 unspecified atom stereocenters. The summed E-state index contributed by atoms with van der Waals surface area (Å²) in [4.78, 5) is 33.5. The summed E-state index contributed by atoms with van der Waals surface area (Å²) >= 11 is 0. The van der Waals surface area contributed by atoms with Crippen LogP contribution in [0.25, 0.3) is 0 Å². The lowest BCUT2D eigenvalue weighted by atomic mass is 10.2. The third-order valence-corrected chi connectivity index (χ3v) is 2.47. The highest BCUT2D eigenvalue weighted by atomic mass is 16.6. The fraction of sp³-hybridized carbons (Fsp3) is 0.267. The first-order chi connectivity index (χ1) is 10.1. The first-order valence-electron chi connectivity index (χ1n) is 6.33. The Kier molecular flexibility index (Phi) is 6.67. The van der Waals surface area contributed by atoms with E-state index in [1.165, 1.54) is 13.0 Å². The van der Waals surface area contributed by atoms with E-state index < -0.39 is 18.0 Å². The molecule has 1 atom stereocenters. The van der Waals surface area contributed by atoms with Gasteiger partial charge in [-0.3, -0.25) is 9.59 Å². The maximum Gasteiger partial charge on any atom is 0.344 e. The number of hydrogen-bond donors (Lipinski definition) is 1. The minimum absolute atomic E-state index is 0.306. The molecule has 1 rings (SSSR count). The van der Waals surface area contributed by atoms with Gasteiger partial charge in [-0.15, -0.1) is 6.58 Å². The summed E-state index contributed by atoms with van der Waals surface area (Å²) in [6.07, 6.45) is 1.33. The number of rotatable bonds is 8. The average Bonchev–Trinajstić information content (AvgIpc) is 2.50. The van der Waals surface area contributed by atoms with Crippen molar-refractivity contribution in [3.8, 4) is 5.75 Å². The second-order valence-corrected chi connectivity index (χ2v) is 4.14. The molecule has 0 saturated carbocycles. The van der Waals surface area contributed by atoms with Crippen LogP contribution in [-0.2, 0) is 14.3 Å². The molecule has 21 heavy (non-hydrogen) atoms. The summed E-state index contributed by atoms with van der Waals surface area (Å²) in [6.45, 7) is 4.92. The van der Waals surface area contributed by atoms with E-state index in [4.69, 9.17) is 9.47 Å². The molecule has 1 aromatic carbocycles. The van der Waals surface area contributed by atoms with E-state index >= 15 is 0 Å². The van der Waals surface area contributed by atoms with Gasteiger partial charge in [0.05, 0.1) is 0 Å². The normalized spacial score (nSPS) is 11.1. The molecule has 0 bridgehead atoms. The number of hydrogen-bond acceptors (Lipinski definition) is 5. The Morgan fingerprint density at radius 2 is 2.00 bits per heavy atom. The number of nitrogens with one attached hydrogen (secondary N) is 1. The largest absolute Gasteiger partial charge is 0.482 e. The van der Waals surface area contributed by atoms with Gasteiger partial charge in [0.1, 0.15) is 12.0 Å². The lowest BCUT2D eigenvalue weighted by Gasteiger charge is -2.13. The van der Waals surface area contributed by atoms with Crippen molar-refractivity contribution in [2.24, 2.45) is 0 Å². The number of carbonyl (C=O) groups excluding carboxylic acids is 3. The third-order valence-electron chi connectivity index (χ3n) is 2.47. The standard InChI is InChI=1S/C15H17NO5/c1-3-8-16-15(19)11(2)21-14(18)10-20-13-6-4-12(9-17)5-7-13/h3-7,9,11H,1,8,10H2,2H3,(H,16,19)/t11-/m1/s1. The van der Waals surface area contributed by atoms with Crippen LogP contribution < -0.4 is 10.1 Å². The van der Waals surface area contributed by atoms with Gasteiger partial charge in [-0.25, -0.2) is 4.79 Å². The van der Waals surface area contributed by atoms with Crippen LogP contribution >= 0.6 is 0 Å². The number of esters is 1. The summed E-state index contributed by atoms with van der Waals surface area (Å²) in [5.74, 6) is -0.629. The van der Waals surface area contributed by atoms with Gasteiger partial charge in [0.25, 0.3) is 5.91 Å². The zero-order valence-corrected chi connectivity index (χ0v) is 11.7. The van der Waals surface area contributed by atoms with Crippen LogP contribution in [-0.4, -0.2) is 37.4 Å². The molecule has 1 aromatic rings. The van der Waals surface area contributed by atoms with E-state index in [2.05, 4.69) is 11.9 Å². The Hall–Kier alpha value is -2.63. The van der Waals surface area contributed by atoms with Crippen LogP contribution in [0.4, 0.5) is 0 Å². The zero-order chi connectivity index (χ0) is 15.7. The molecule has 6 heteroatoms. The van der Waals surface area contributed by atoms with Crippen molar-refractivity contribution in [2.75, 3.05) is 13.2 Å². The van der Waals surface area contributed by atoms with Gasteiger partial charge in [0.15, 0.2) is 12.7 Å². The monoisotopic (exact) mass is 291 g/mol. The van der Waals surface area contributed by atoms with E-state index in [1.54, 1.807) is 24.3 Å². The Labute approximate surface area is 122 Å². The Balaban J connectivity index is 2.37. The minimum Gasteiger partial charge on any atom is -0.482 e. The molecular weight excluding hydrogens is 274 g/mol. The molecule has 0 fully saturated rings. The lowest BCUT2D eigenvalue weighted by Crippen LogP contribution is -2.36. The van der Waals surface area contributed by atoms with Crippen molar-refractivity contribution in [3.05, 3.63) is 42.5 Å². The molecule has 0 aliphatic rings. The summed E-state index contributed by atoms with van der Waals surface area (Å²) in [5, 5.41) is 2.52. The molecule has 0 spiro atoms. The molecule has 0 radical (unpaired) electrons. The Morgan fingerprint density at radius 1 is 1.33 bits per heavy atom. The van der Waals surface area contributed by atoms with Gasteiger partial charge in [-0.05, 0) is 31.2 Å². The van der Waals surface area contributed by atoms with Crippen molar-refractivity contribution in [1.29, 1.82) is 0 Å². The number of amides is 1. The van der Waals surface area contributed by atoms with E-state index in [0.717, 1.165) is 0 Å². The predicted octanol–water partition coefficient (Wildman–Crippen LogP) is 1.11. The highest BCUT2D eigenvalue weighted by molar-refractivity contribution is 5.83. The van der Waals surface area contributed by atoms with Crippen molar-refractivity contribution < 1.29 is 23.9 Å². The molecule has 0 aromatic heterocycles. The minimum atomic E-state index is -0.904. The SMILES string of the molecule is C=CCNC(=O)[C@@H](C)OC(=O)COc1ccc(C=O)cc1. The van der Waals surface area contributed by atoms with Gasteiger partial charge in [-0.2, -0.15) is 0 Å². The number of benzene rings is 1. The first kappa shape index (κ1) is 16.4. The van der Waals surface area contributed by atoms with Gasteiger partial charge < -0.3 is 14.8 Å². The van der Waals surface area contributed by atoms with Crippen LogP contribution in [0.5, 0.6) is 5.75 Å². The summed E-state index contributed by atoms with van der Waals surface area (Å²) < 4.78 is 10.1. The highest BCUT2D eigenvalue weighted by Gasteiger charge is 2.17. The molecule has 1 amide bonds. The number of carbonyl (C=O) groups is 3. The highest BCUT2D eigenvalue weighted by Crippen LogP contribution is 2.11. The second-order valence-electron chi connectivity index (χ2n) is 4.14. The Bertz CT molecular complexity index is 509. The molecular formula is C15H17NO5. The maximum absolute atomic E-state index is 11.5. The molecule has 112 valence electrons. The van der Waals surface area contributed by atoms with Crippen LogP contribution in [0.3, 0.4) is 0 Å². The van der Waals surface area contributed by atoms with Crippen molar-refractivity contribution in [2.45, 2.75) is 13.0 Å². The van der Waals surface area contributed by atoms with Gasteiger partial charge in [0, 0.05) is 12.1 Å². The van der Waals surface area contributed by atoms with E-state index in [0.29, 0.717) is 24.1 Å². The maximum atomic E-state index is 11.5. The molecule has 0 aliphatic carbocycles. The van der Waals surface area contributed by atoms with Crippen molar-refractivity contribution >= 4 is 18.2 Å². The fourth-order valence-corrected chi connectivity index (χ4v) is 1.39. The third kappa shape index (κ3) is 5.90. The molecule has 0 aliphatic heterocycles. The molecule has 0 heterocycles. The topological polar surface area (TPSA) is 81.7 Å². The number of ether oxygens (including phenoxy) is 2. The van der Waals surface area contributed by atoms with Crippen LogP contribution in [0.2, 0.25) is 0 Å². The van der Waals surface area contributed by atoms with E-state index in [1.807, 2.05) is 0 Å². The molecule has 6 nitrogen and oxygen atoms in total. The van der Waals surface area contributed by atoms with Gasteiger partial charge in [0.2, 0.25) is 0 Å². The van der Waals surface area contributed by atoms with Gasteiger partial charge >= 0.3 is 5.97 Å². The smallest absolute Gasteiger partial charge is 0.344 e. The van der Waals surface area contributed by atoms with Gasteiger partial charge in [-0.1, -0.05) is 6.08 Å². The average molecular weight is 291 g/mol. The van der Waals surface area contributed by atoms with Crippen LogP contribution in [0, 0.1) is 0 Å². The summed E-state index contributed by atoms with van der Waals surface area (Å²) in [7, 11) is 0. The Morgan fingerprint density at radius 3 is 2.57 bits per heavy atom. The summed E-state index contributed by atoms with van der Waals surface area (Å²) in [5.41, 5.74) is 0.512.